The zero-order chi connectivity index (χ0) is 28.5. The number of carbonyl (C=O) groups excluding carboxylic acids is 2. The van der Waals surface area contributed by atoms with E-state index in [0.717, 1.165) is 24.1 Å². The summed E-state index contributed by atoms with van der Waals surface area (Å²) in [6, 6.07) is 23.9. The number of aromatic nitrogens is 2. The van der Waals surface area contributed by atoms with Crippen LogP contribution in [0, 0.1) is 0 Å². The summed E-state index contributed by atoms with van der Waals surface area (Å²) in [4.78, 5) is 28.4. The first kappa shape index (κ1) is 28.2. The van der Waals surface area contributed by atoms with Gasteiger partial charge in [0.2, 0.25) is 5.91 Å². The smallest absolute Gasteiger partial charge is 0.254 e. The molecule has 0 unspecified atom stereocenters. The summed E-state index contributed by atoms with van der Waals surface area (Å²) in [5, 5.41) is 7.73. The molecule has 2 amide bonds. The van der Waals surface area contributed by atoms with Crippen molar-refractivity contribution in [3.63, 3.8) is 0 Å². The van der Waals surface area contributed by atoms with Crippen molar-refractivity contribution in [3.8, 4) is 34.2 Å². The molecule has 0 bridgehead atoms. The van der Waals surface area contributed by atoms with Crippen LogP contribution in [0.25, 0.3) is 16.9 Å². The van der Waals surface area contributed by atoms with Gasteiger partial charge in [-0.3, -0.25) is 9.59 Å². The molecule has 3 aromatic carbocycles. The van der Waals surface area contributed by atoms with Crippen molar-refractivity contribution in [2.24, 2.45) is 0 Å². The van der Waals surface area contributed by atoms with E-state index in [1.54, 1.807) is 34.9 Å². The van der Waals surface area contributed by atoms with Crippen LogP contribution >= 0.6 is 0 Å². The van der Waals surface area contributed by atoms with Gasteiger partial charge in [-0.2, -0.15) is 5.10 Å². The SMILES string of the molecule is CCCCN(CC(=O)Nc1cc(-c2ccccc2)nn1-c1ccc(OC)cc1)C(=O)c1cc(OC)cc(OC)c1. The van der Waals surface area contributed by atoms with Crippen molar-refractivity contribution in [2.45, 2.75) is 19.8 Å². The second-order valence-corrected chi connectivity index (χ2v) is 9.12. The number of nitrogens with zero attached hydrogens (tertiary/aromatic N) is 3. The molecule has 9 heteroatoms. The van der Waals surface area contributed by atoms with Crippen molar-refractivity contribution in [1.29, 1.82) is 0 Å². The summed E-state index contributed by atoms with van der Waals surface area (Å²) < 4.78 is 17.6. The van der Waals surface area contributed by atoms with Crippen LogP contribution in [0.3, 0.4) is 0 Å². The molecule has 9 nitrogen and oxygen atoms in total. The Labute approximate surface area is 234 Å². The molecule has 0 radical (unpaired) electrons. The Morgan fingerprint density at radius 1 is 0.850 bits per heavy atom. The average Bonchev–Trinajstić information content (AvgIpc) is 3.42. The second kappa shape index (κ2) is 13.3. The fraction of sp³-hybridized carbons (Fsp3) is 0.258. The maximum atomic E-state index is 13.5. The lowest BCUT2D eigenvalue weighted by atomic mass is 10.1. The molecule has 1 aromatic heterocycles. The molecule has 1 heterocycles. The molecule has 208 valence electrons. The van der Waals surface area contributed by atoms with E-state index < -0.39 is 0 Å². The molecule has 0 aliphatic carbocycles. The standard InChI is InChI=1S/C31H34N4O5/c1-5-6-16-34(31(37)23-17-26(39-3)19-27(18-23)40-4)21-30(36)32-29-20-28(22-10-8-7-9-11-22)33-35(29)24-12-14-25(38-2)15-13-24/h7-15,17-20H,5-6,16,21H2,1-4H3,(H,32,36). The Hall–Kier alpha value is -4.79. The Kier molecular flexibility index (Phi) is 9.40. The lowest BCUT2D eigenvalue weighted by Gasteiger charge is -2.23. The number of amides is 2. The molecular weight excluding hydrogens is 508 g/mol. The van der Waals surface area contributed by atoms with Crippen molar-refractivity contribution in [3.05, 3.63) is 84.4 Å². The number of ether oxygens (including phenoxy) is 3. The molecule has 4 rings (SSSR count). The van der Waals surface area contributed by atoms with E-state index >= 15 is 0 Å². The highest BCUT2D eigenvalue weighted by Crippen LogP contribution is 2.27. The van der Waals surface area contributed by atoms with Gasteiger partial charge in [-0.05, 0) is 42.8 Å². The van der Waals surface area contributed by atoms with Crippen LogP contribution in [0.1, 0.15) is 30.1 Å². The number of benzene rings is 3. The maximum absolute atomic E-state index is 13.5. The van der Waals surface area contributed by atoms with Crippen molar-refractivity contribution in [2.75, 3.05) is 39.7 Å². The van der Waals surface area contributed by atoms with Crippen LogP contribution in [0.15, 0.2) is 78.9 Å². The number of unbranched alkanes of at least 4 members (excludes halogenated alkanes) is 1. The van der Waals surface area contributed by atoms with E-state index in [-0.39, 0.29) is 18.4 Å². The van der Waals surface area contributed by atoms with Crippen LogP contribution in [0.2, 0.25) is 0 Å². The quantitative estimate of drug-likeness (QED) is 0.256. The molecule has 0 aliphatic rings. The highest BCUT2D eigenvalue weighted by Gasteiger charge is 2.22. The van der Waals surface area contributed by atoms with E-state index in [2.05, 4.69) is 5.32 Å². The van der Waals surface area contributed by atoms with Crippen molar-refractivity contribution >= 4 is 17.6 Å². The van der Waals surface area contributed by atoms with Crippen LogP contribution in [-0.2, 0) is 4.79 Å². The largest absolute Gasteiger partial charge is 0.497 e. The number of methoxy groups -OCH3 is 3. The minimum atomic E-state index is -0.339. The zero-order valence-electron chi connectivity index (χ0n) is 23.2. The molecule has 0 saturated heterocycles. The minimum Gasteiger partial charge on any atom is -0.497 e. The normalized spacial score (nSPS) is 10.6. The van der Waals surface area contributed by atoms with E-state index in [0.29, 0.717) is 40.9 Å². The average molecular weight is 543 g/mol. The van der Waals surface area contributed by atoms with Crippen molar-refractivity contribution in [1.82, 2.24) is 14.7 Å². The molecule has 40 heavy (non-hydrogen) atoms. The topological polar surface area (TPSA) is 94.9 Å². The zero-order valence-corrected chi connectivity index (χ0v) is 23.2. The number of anilines is 1. The van der Waals surface area contributed by atoms with Gasteiger partial charge in [0.15, 0.2) is 0 Å². The van der Waals surface area contributed by atoms with Crippen LogP contribution in [0.4, 0.5) is 5.82 Å². The van der Waals surface area contributed by atoms with Crippen LogP contribution in [-0.4, -0.2) is 60.9 Å². The Balaban J connectivity index is 1.61. The number of rotatable bonds is 12. The number of nitrogens with one attached hydrogen (secondary N) is 1. The van der Waals surface area contributed by atoms with E-state index in [1.165, 1.54) is 14.2 Å². The highest BCUT2D eigenvalue weighted by atomic mass is 16.5. The molecule has 0 spiro atoms. The molecule has 4 aromatic rings. The fourth-order valence-corrected chi connectivity index (χ4v) is 4.21. The lowest BCUT2D eigenvalue weighted by molar-refractivity contribution is -0.117. The number of hydrogen-bond acceptors (Lipinski definition) is 6. The number of carbonyl (C=O) groups is 2. The summed E-state index contributed by atoms with van der Waals surface area (Å²) >= 11 is 0. The summed E-state index contributed by atoms with van der Waals surface area (Å²) in [5.41, 5.74) is 2.75. The van der Waals surface area contributed by atoms with Gasteiger partial charge < -0.3 is 24.4 Å². The monoisotopic (exact) mass is 542 g/mol. The minimum absolute atomic E-state index is 0.132. The lowest BCUT2D eigenvalue weighted by Crippen LogP contribution is -2.39. The first-order valence-electron chi connectivity index (χ1n) is 13.1. The summed E-state index contributed by atoms with van der Waals surface area (Å²) in [6.07, 6.45) is 1.62. The molecule has 0 fully saturated rings. The van der Waals surface area contributed by atoms with E-state index in [1.807, 2.05) is 67.6 Å². The predicted octanol–water partition coefficient (Wildman–Crippen LogP) is 5.45. The molecular formula is C31H34N4O5. The van der Waals surface area contributed by atoms with Crippen molar-refractivity contribution < 1.29 is 23.8 Å². The van der Waals surface area contributed by atoms with Gasteiger partial charge >= 0.3 is 0 Å². The predicted molar refractivity (Wildman–Crippen MR) is 155 cm³/mol. The second-order valence-electron chi connectivity index (χ2n) is 9.12. The van der Waals surface area contributed by atoms with Crippen LogP contribution in [0.5, 0.6) is 17.2 Å². The molecule has 0 atom stereocenters. The first-order valence-corrected chi connectivity index (χ1v) is 13.1. The summed E-state index contributed by atoms with van der Waals surface area (Å²) in [5.74, 6) is 1.57. The maximum Gasteiger partial charge on any atom is 0.254 e. The molecule has 1 N–H and O–H groups in total. The third-order valence-electron chi connectivity index (χ3n) is 6.37. The summed E-state index contributed by atoms with van der Waals surface area (Å²) in [7, 11) is 4.66. The molecule has 0 saturated carbocycles. The van der Waals surface area contributed by atoms with Crippen LogP contribution < -0.4 is 19.5 Å². The third-order valence-corrected chi connectivity index (χ3v) is 6.37. The van der Waals surface area contributed by atoms with E-state index in [4.69, 9.17) is 19.3 Å². The van der Waals surface area contributed by atoms with Gasteiger partial charge in [-0.15, -0.1) is 0 Å². The third kappa shape index (κ3) is 6.79. The highest BCUT2D eigenvalue weighted by molar-refractivity contribution is 6.00. The Morgan fingerprint density at radius 3 is 2.10 bits per heavy atom. The number of hydrogen-bond donors (Lipinski definition) is 1. The Bertz CT molecular complexity index is 1410. The van der Waals surface area contributed by atoms with Gasteiger partial charge in [0, 0.05) is 29.8 Å². The van der Waals surface area contributed by atoms with Gasteiger partial charge in [-0.25, -0.2) is 4.68 Å². The van der Waals surface area contributed by atoms with Gasteiger partial charge in [0.05, 0.1) is 32.7 Å². The fourth-order valence-electron chi connectivity index (χ4n) is 4.21. The van der Waals surface area contributed by atoms with Gasteiger partial charge in [0.1, 0.15) is 29.6 Å². The van der Waals surface area contributed by atoms with E-state index in [9.17, 15) is 9.59 Å². The summed E-state index contributed by atoms with van der Waals surface area (Å²) in [6.45, 7) is 2.33. The van der Waals surface area contributed by atoms with Gasteiger partial charge in [-0.1, -0.05) is 43.7 Å². The first-order chi connectivity index (χ1) is 19.4. The van der Waals surface area contributed by atoms with Gasteiger partial charge in [0.25, 0.3) is 5.91 Å². The Morgan fingerprint density at radius 2 is 1.50 bits per heavy atom. The molecule has 0 aliphatic heterocycles.